The normalized spacial score (nSPS) is 16.7. The summed E-state index contributed by atoms with van der Waals surface area (Å²) >= 11 is 1.64. The molecule has 1 aromatic carbocycles. The van der Waals surface area contributed by atoms with E-state index in [1.165, 1.54) is 10.5 Å². The SMILES string of the molecule is CC(C)(C)c1ccc(SCC(=O)CCN2CCOCC2)cc1. The highest BCUT2D eigenvalue weighted by atomic mass is 32.2. The van der Waals surface area contributed by atoms with Crippen LogP contribution in [-0.2, 0) is 14.9 Å². The molecule has 0 bridgehead atoms. The molecule has 0 radical (unpaired) electrons. The van der Waals surface area contributed by atoms with Crippen molar-refractivity contribution in [2.45, 2.75) is 37.5 Å². The summed E-state index contributed by atoms with van der Waals surface area (Å²) in [5.41, 5.74) is 1.51. The van der Waals surface area contributed by atoms with E-state index in [0.717, 1.165) is 32.8 Å². The van der Waals surface area contributed by atoms with Crippen LogP contribution in [0.4, 0.5) is 0 Å². The van der Waals surface area contributed by atoms with Gasteiger partial charge in [-0.3, -0.25) is 9.69 Å². The summed E-state index contributed by atoms with van der Waals surface area (Å²) < 4.78 is 5.31. The van der Waals surface area contributed by atoms with Crippen molar-refractivity contribution in [1.29, 1.82) is 0 Å². The molecule has 0 atom stereocenters. The van der Waals surface area contributed by atoms with Crippen LogP contribution >= 0.6 is 11.8 Å². The van der Waals surface area contributed by atoms with Crippen molar-refractivity contribution in [3.63, 3.8) is 0 Å². The molecule has 0 N–H and O–H groups in total. The van der Waals surface area contributed by atoms with Crippen LogP contribution in [-0.4, -0.2) is 49.3 Å². The molecule has 1 fully saturated rings. The van der Waals surface area contributed by atoms with E-state index in [1.807, 2.05) is 0 Å². The quantitative estimate of drug-likeness (QED) is 0.751. The van der Waals surface area contributed by atoms with E-state index < -0.39 is 0 Å². The molecule has 1 saturated heterocycles. The van der Waals surface area contributed by atoms with Crippen molar-refractivity contribution in [3.05, 3.63) is 29.8 Å². The molecule has 122 valence electrons. The van der Waals surface area contributed by atoms with Gasteiger partial charge >= 0.3 is 0 Å². The lowest BCUT2D eigenvalue weighted by Gasteiger charge is -2.26. The maximum absolute atomic E-state index is 12.0. The zero-order valence-electron chi connectivity index (χ0n) is 13.9. The van der Waals surface area contributed by atoms with Gasteiger partial charge in [0, 0.05) is 31.0 Å². The Bertz CT molecular complexity index is 473. The zero-order valence-corrected chi connectivity index (χ0v) is 14.7. The summed E-state index contributed by atoms with van der Waals surface area (Å²) in [5.74, 6) is 0.899. The minimum Gasteiger partial charge on any atom is -0.379 e. The molecule has 1 heterocycles. The van der Waals surface area contributed by atoms with Gasteiger partial charge in [0.2, 0.25) is 0 Å². The monoisotopic (exact) mass is 321 g/mol. The smallest absolute Gasteiger partial charge is 0.144 e. The average molecular weight is 321 g/mol. The average Bonchev–Trinajstić information content (AvgIpc) is 2.51. The molecule has 0 aliphatic carbocycles. The maximum Gasteiger partial charge on any atom is 0.144 e. The minimum atomic E-state index is 0.178. The number of Topliss-reactive ketones (excluding diaryl/α,β-unsaturated/α-hetero) is 1. The van der Waals surface area contributed by atoms with Crippen molar-refractivity contribution in [1.82, 2.24) is 4.90 Å². The Balaban J connectivity index is 1.71. The first-order chi connectivity index (χ1) is 10.4. The number of rotatable bonds is 6. The molecule has 3 nitrogen and oxygen atoms in total. The second kappa shape index (κ2) is 8.14. The summed E-state index contributed by atoms with van der Waals surface area (Å²) in [6, 6.07) is 8.59. The lowest BCUT2D eigenvalue weighted by atomic mass is 9.87. The largest absolute Gasteiger partial charge is 0.379 e. The van der Waals surface area contributed by atoms with Crippen molar-refractivity contribution in [3.8, 4) is 0 Å². The Hall–Kier alpha value is -0.840. The zero-order chi connectivity index (χ0) is 16.0. The van der Waals surface area contributed by atoms with Crippen LogP contribution in [0.25, 0.3) is 0 Å². The van der Waals surface area contributed by atoms with Gasteiger partial charge in [-0.2, -0.15) is 0 Å². The van der Waals surface area contributed by atoms with Gasteiger partial charge in [-0.15, -0.1) is 11.8 Å². The fourth-order valence-corrected chi connectivity index (χ4v) is 3.20. The van der Waals surface area contributed by atoms with Gasteiger partial charge < -0.3 is 4.74 Å². The number of ether oxygens (including phenoxy) is 1. The summed E-state index contributed by atoms with van der Waals surface area (Å²) in [6.45, 7) is 11.0. The summed E-state index contributed by atoms with van der Waals surface area (Å²) in [7, 11) is 0. The second-order valence-electron chi connectivity index (χ2n) is 6.81. The Morgan fingerprint density at radius 3 is 2.41 bits per heavy atom. The van der Waals surface area contributed by atoms with Crippen molar-refractivity contribution < 1.29 is 9.53 Å². The van der Waals surface area contributed by atoms with Crippen LogP contribution in [0, 0.1) is 0 Å². The molecule has 0 amide bonds. The number of carbonyl (C=O) groups is 1. The van der Waals surface area contributed by atoms with Gasteiger partial charge in [0.25, 0.3) is 0 Å². The first kappa shape index (κ1) is 17.5. The highest BCUT2D eigenvalue weighted by Crippen LogP contribution is 2.25. The highest BCUT2D eigenvalue weighted by Gasteiger charge is 2.14. The number of hydrogen-bond acceptors (Lipinski definition) is 4. The van der Waals surface area contributed by atoms with Crippen molar-refractivity contribution in [2.75, 3.05) is 38.6 Å². The maximum atomic E-state index is 12.0. The standard InChI is InChI=1S/C18H27NO2S/c1-18(2,3)15-4-6-17(7-5-15)22-14-16(20)8-9-19-10-12-21-13-11-19/h4-7H,8-14H2,1-3H3. The van der Waals surface area contributed by atoms with E-state index in [-0.39, 0.29) is 5.41 Å². The molecule has 0 aromatic heterocycles. The lowest BCUT2D eigenvalue weighted by Crippen LogP contribution is -2.37. The Labute approximate surface area is 138 Å². The Kier molecular flexibility index (Phi) is 6.48. The fraction of sp³-hybridized carbons (Fsp3) is 0.611. The predicted octanol–water partition coefficient (Wildman–Crippen LogP) is 3.37. The van der Waals surface area contributed by atoms with Crippen LogP contribution in [0.3, 0.4) is 0 Å². The first-order valence-electron chi connectivity index (χ1n) is 8.00. The number of morpholine rings is 1. The third-order valence-corrected chi connectivity index (χ3v) is 5.00. The molecular formula is C18H27NO2S. The van der Waals surface area contributed by atoms with Gasteiger partial charge in [0.1, 0.15) is 5.78 Å². The summed E-state index contributed by atoms with van der Waals surface area (Å²) in [6.07, 6.45) is 0.646. The third kappa shape index (κ3) is 5.75. The van der Waals surface area contributed by atoms with Gasteiger partial charge in [-0.1, -0.05) is 32.9 Å². The number of nitrogens with zero attached hydrogens (tertiary/aromatic N) is 1. The van der Waals surface area contributed by atoms with E-state index in [4.69, 9.17) is 4.74 Å². The molecule has 0 spiro atoms. The minimum absolute atomic E-state index is 0.178. The van der Waals surface area contributed by atoms with Gasteiger partial charge in [-0.25, -0.2) is 0 Å². The van der Waals surface area contributed by atoms with Crippen LogP contribution < -0.4 is 0 Å². The third-order valence-electron chi connectivity index (χ3n) is 3.93. The number of ketones is 1. The molecule has 1 aliphatic heterocycles. The number of hydrogen-bond donors (Lipinski definition) is 0. The Morgan fingerprint density at radius 2 is 1.82 bits per heavy atom. The van der Waals surface area contributed by atoms with E-state index >= 15 is 0 Å². The molecule has 1 aromatic rings. The molecule has 22 heavy (non-hydrogen) atoms. The second-order valence-corrected chi connectivity index (χ2v) is 7.85. The number of thioether (sulfide) groups is 1. The van der Waals surface area contributed by atoms with Gasteiger partial charge in [0.15, 0.2) is 0 Å². The summed E-state index contributed by atoms with van der Waals surface area (Å²) in [5, 5.41) is 0. The van der Waals surface area contributed by atoms with E-state index in [0.29, 0.717) is 18.0 Å². The first-order valence-corrected chi connectivity index (χ1v) is 8.99. The molecule has 2 rings (SSSR count). The number of carbonyl (C=O) groups excluding carboxylic acids is 1. The van der Waals surface area contributed by atoms with Gasteiger partial charge in [-0.05, 0) is 23.1 Å². The van der Waals surface area contributed by atoms with Crippen LogP contribution in [0.15, 0.2) is 29.2 Å². The predicted molar refractivity (Wildman–Crippen MR) is 92.7 cm³/mol. The van der Waals surface area contributed by atoms with Crippen molar-refractivity contribution in [2.24, 2.45) is 0 Å². The Morgan fingerprint density at radius 1 is 1.18 bits per heavy atom. The molecule has 4 heteroatoms. The van der Waals surface area contributed by atoms with Gasteiger partial charge in [0.05, 0.1) is 19.0 Å². The van der Waals surface area contributed by atoms with Crippen LogP contribution in [0.1, 0.15) is 32.8 Å². The highest BCUT2D eigenvalue weighted by molar-refractivity contribution is 8.00. The van der Waals surface area contributed by atoms with Crippen molar-refractivity contribution >= 4 is 17.5 Å². The van der Waals surface area contributed by atoms with Crippen LogP contribution in [0.5, 0.6) is 0 Å². The topological polar surface area (TPSA) is 29.5 Å². The lowest BCUT2D eigenvalue weighted by molar-refractivity contribution is -0.117. The number of benzene rings is 1. The molecule has 0 saturated carbocycles. The van der Waals surface area contributed by atoms with E-state index in [2.05, 4.69) is 49.9 Å². The molecule has 1 aliphatic rings. The van der Waals surface area contributed by atoms with E-state index in [9.17, 15) is 4.79 Å². The van der Waals surface area contributed by atoms with Crippen LogP contribution in [0.2, 0.25) is 0 Å². The fourth-order valence-electron chi connectivity index (χ4n) is 2.39. The molecular weight excluding hydrogens is 294 g/mol. The summed E-state index contributed by atoms with van der Waals surface area (Å²) in [4.78, 5) is 15.5. The van der Waals surface area contributed by atoms with E-state index in [1.54, 1.807) is 11.8 Å². The molecule has 0 unspecified atom stereocenters.